The predicted molar refractivity (Wildman–Crippen MR) is 99.6 cm³/mol. The molecule has 0 aromatic heterocycles. The van der Waals surface area contributed by atoms with E-state index in [0.717, 1.165) is 0 Å². The van der Waals surface area contributed by atoms with Crippen LogP contribution in [0, 0.1) is 5.92 Å². The topological polar surface area (TPSA) is 0 Å². The fourth-order valence-corrected chi connectivity index (χ4v) is 3.80. The van der Waals surface area contributed by atoms with E-state index in [2.05, 4.69) is 92.7 Å². The minimum atomic E-state index is -0.0188. The number of hydrogen-bond donors (Lipinski definition) is 0. The maximum atomic E-state index is 2.40. The van der Waals surface area contributed by atoms with E-state index in [4.69, 9.17) is 0 Å². The molecule has 0 fully saturated rings. The highest BCUT2D eigenvalue weighted by molar-refractivity contribution is 5.46. The summed E-state index contributed by atoms with van der Waals surface area (Å²) >= 11 is 0. The zero-order chi connectivity index (χ0) is 16.1. The molecule has 0 saturated carbocycles. The molecule has 23 heavy (non-hydrogen) atoms. The molecule has 0 saturated heterocycles. The third-order valence-corrected chi connectivity index (χ3v) is 5.20. The summed E-state index contributed by atoms with van der Waals surface area (Å²) in [6, 6.07) is 21.9. The molecular weight excluding hydrogens is 276 g/mol. The average molecular weight is 302 g/mol. The van der Waals surface area contributed by atoms with E-state index in [0.29, 0.717) is 5.92 Å². The molecule has 0 radical (unpaired) electrons. The third kappa shape index (κ3) is 3.03. The van der Waals surface area contributed by atoms with Crippen molar-refractivity contribution < 1.29 is 0 Å². The molecule has 0 nitrogen and oxygen atoms in total. The number of benzene rings is 2. The van der Waals surface area contributed by atoms with Gasteiger partial charge in [0.2, 0.25) is 0 Å². The Balaban J connectivity index is 2.07. The van der Waals surface area contributed by atoms with E-state index < -0.39 is 0 Å². The monoisotopic (exact) mass is 302 g/mol. The van der Waals surface area contributed by atoms with E-state index >= 15 is 0 Å². The van der Waals surface area contributed by atoms with Gasteiger partial charge < -0.3 is 0 Å². The lowest BCUT2D eigenvalue weighted by atomic mass is 9.65. The van der Waals surface area contributed by atoms with Crippen LogP contribution in [-0.4, -0.2) is 0 Å². The van der Waals surface area contributed by atoms with Crippen molar-refractivity contribution >= 4 is 0 Å². The lowest BCUT2D eigenvalue weighted by Crippen LogP contribution is -2.33. The lowest BCUT2D eigenvalue weighted by molar-refractivity contribution is 0.456. The van der Waals surface area contributed by atoms with Crippen LogP contribution in [0.2, 0.25) is 0 Å². The normalized spacial score (nSPS) is 17.3. The summed E-state index contributed by atoms with van der Waals surface area (Å²) in [5, 5.41) is 0. The molecule has 0 heterocycles. The first-order valence-electron chi connectivity index (χ1n) is 8.75. The quantitative estimate of drug-likeness (QED) is 0.587. The Kier molecular flexibility index (Phi) is 4.81. The second-order valence-electron chi connectivity index (χ2n) is 6.64. The van der Waals surface area contributed by atoms with Crippen LogP contribution in [0.25, 0.3) is 0 Å². The van der Waals surface area contributed by atoms with Crippen LogP contribution in [-0.2, 0) is 5.41 Å². The lowest BCUT2D eigenvalue weighted by Gasteiger charge is -2.38. The molecule has 3 rings (SSSR count). The zero-order valence-electron chi connectivity index (χ0n) is 14.2. The Morgan fingerprint density at radius 3 is 1.96 bits per heavy atom. The minimum Gasteiger partial charge on any atom is -0.0761 e. The first-order valence-corrected chi connectivity index (χ1v) is 8.75. The summed E-state index contributed by atoms with van der Waals surface area (Å²) < 4.78 is 0. The molecule has 0 heteroatoms. The highest BCUT2D eigenvalue weighted by Gasteiger charge is 2.38. The zero-order valence-corrected chi connectivity index (χ0v) is 14.2. The van der Waals surface area contributed by atoms with Crippen LogP contribution in [0.3, 0.4) is 0 Å². The molecule has 2 aromatic carbocycles. The molecule has 1 atom stereocenters. The molecule has 1 unspecified atom stereocenters. The van der Waals surface area contributed by atoms with Gasteiger partial charge in [0.15, 0.2) is 0 Å². The molecule has 2 aromatic rings. The maximum Gasteiger partial charge on any atom is 0.0274 e. The molecule has 0 N–H and O–H groups in total. The van der Waals surface area contributed by atoms with Crippen LogP contribution in [0.15, 0.2) is 84.5 Å². The Morgan fingerprint density at radius 2 is 1.43 bits per heavy atom. The van der Waals surface area contributed by atoms with Crippen LogP contribution in [0.5, 0.6) is 0 Å². The largest absolute Gasteiger partial charge is 0.0761 e. The highest BCUT2D eigenvalue weighted by Crippen LogP contribution is 2.45. The van der Waals surface area contributed by atoms with Crippen molar-refractivity contribution in [1.29, 1.82) is 0 Å². The van der Waals surface area contributed by atoms with Crippen molar-refractivity contribution in [2.24, 2.45) is 5.92 Å². The summed E-state index contributed by atoms with van der Waals surface area (Å²) in [6.07, 6.45) is 10.7. The van der Waals surface area contributed by atoms with Gasteiger partial charge in [-0.2, -0.15) is 0 Å². The smallest absolute Gasteiger partial charge is 0.0274 e. The maximum absolute atomic E-state index is 2.40. The van der Waals surface area contributed by atoms with Gasteiger partial charge in [-0.1, -0.05) is 105 Å². The fourth-order valence-electron chi connectivity index (χ4n) is 3.80. The molecule has 1 aliphatic carbocycles. The SMILES string of the molecule is CCCCC1=CC=CC1C(C)(c1ccccc1)c1ccccc1. The Labute approximate surface area is 140 Å². The molecular formula is C23H26. The summed E-state index contributed by atoms with van der Waals surface area (Å²) in [5.74, 6) is 0.443. The molecule has 0 amide bonds. The number of unbranched alkanes of at least 4 members (excludes halogenated alkanes) is 1. The van der Waals surface area contributed by atoms with Crippen molar-refractivity contribution in [3.8, 4) is 0 Å². The van der Waals surface area contributed by atoms with Gasteiger partial charge in [-0.05, 0) is 24.0 Å². The van der Waals surface area contributed by atoms with E-state index in [9.17, 15) is 0 Å². The fraction of sp³-hybridized carbons (Fsp3) is 0.304. The van der Waals surface area contributed by atoms with Gasteiger partial charge in [-0.25, -0.2) is 0 Å². The highest BCUT2D eigenvalue weighted by atomic mass is 14.4. The number of rotatable bonds is 6. The van der Waals surface area contributed by atoms with E-state index in [1.165, 1.54) is 30.4 Å². The standard InChI is InChI=1S/C23H26/c1-3-4-12-19-13-11-18-22(19)23(2,20-14-7-5-8-15-20)21-16-9-6-10-17-21/h5-11,13-18,22H,3-4,12H2,1-2H3. The van der Waals surface area contributed by atoms with Gasteiger partial charge in [0.05, 0.1) is 0 Å². The Bertz CT molecular complexity index is 637. The Morgan fingerprint density at radius 1 is 0.870 bits per heavy atom. The van der Waals surface area contributed by atoms with Gasteiger partial charge in [0.1, 0.15) is 0 Å². The van der Waals surface area contributed by atoms with Crippen LogP contribution < -0.4 is 0 Å². The first kappa shape index (κ1) is 15.8. The Hall–Kier alpha value is -2.08. The molecule has 0 aliphatic heterocycles. The van der Waals surface area contributed by atoms with Gasteiger partial charge in [-0.15, -0.1) is 0 Å². The summed E-state index contributed by atoms with van der Waals surface area (Å²) in [6.45, 7) is 4.67. The van der Waals surface area contributed by atoms with Crippen molar-refractivity contribution in [2.75, 3.05) is 0 Å². The summed E-state index contributed by atoms with van der Waals surface area (Å²) in [4.78, 5) is 0. The molecule has 0 bridgehead atoms. The van der Waals surface area contributed by atoms with E-state index in [1.807, 2.05) is 0 Å². The van der Waals surface area contributed by atoms with Crippen molar-refractivity contribution in [3.05, 3.63) is 95.6 Å². The second-order valence-corrected chi connectivity index (χ2v) is 6.64. The summed E-state index contributed by atoms with van der Waals surface area (Å²) in [5.41, 5.74) is 4.34. The van der Waals surface area contributed by atoms with Crippen molar-refractivity contribution in [3.63, 3.8) is 0 Å². The predicted octanol–water partition coefficient (Wildman–Crippen LogP) is 6.30. The van der Waals surface area contributed by atoms with Gasteiger partial charge in [0, 0.05) is 11.3 Å². The van der Waals surface area contributed by atoms with E-state index in [1.54, 1.807) is 5.57 Å². The van der Waals surface area contributed by atoms with Crippen molar-refractivity contribution in [1.82, 2.24) is 0 Å². The van der Waals surface area contributed by atoms with Crippen molar-refractivity contribution in [2.45, 2.75) is 38.5 Å². The number of allylic oxidation sites excluding steroid dienone is 4. The third-order valence-electron chi connectivity index (χ3n) is 5.20. The van der Waals surface area contributed by atoms with Gasteiger partial charge in [-0.3, -0.25) is 0 Å². The molecule has 1 aliphatic rings. The van der Waals surface area contributed by atoms with Gasteiger partial charge >= 0.3 is 0 Å². The second kappa shape index (κ2) is 7.00. The van der Waals surface area contributed by atoms with Crippen LogP contribution in [0.4, 0.5) is 0 Å². The summed E-state index contributed by atoms with van der Waals surface area (Å²) in [7, 11) is 0. The average Bonchev–Trinajstić information content (AvgIpc) is 3.10. The van der Waals surface area contributed by atoms with Gasteiger partial charge in [0.25, 0.3) is 0 Å². The van der Waals surface area contributed by atoms with Crippen LogP contribution >= 0.6 is 0 Å². The van der Waals surface area contributed by atoms with Crippen LogP contribution in [0.1, 0.15) is 44.2 Å². The first-order chi connectivity index (χ1) is 11.3. The number of hydrogen-bond acceptors (Lipinski definition) is 0. The van der Waals surface area contributed by atoms with E-state index in [-0.39, 0.29) is 5.41 Å². The molecule has 0 spiro atoms. The molecule has 118 valence electrons. The minimum absolute atomic E-state index is 0.0188.